The predicted octanol–water partition coefficient (Wildman–Crippen LogP) is 7.35. The van der Waals surface area contributed by atoms with Crippen LogP contribution >= 0.6 is 0 Å². The molecule has 0 spiro atoms. The highest BCUT2D eigenvalue weighted by Gasteiger charge is 2.56. The minimum Gasteiger partial charge on any atom is -0.440 e. The molecule has 0 N–H and O–H groups in total. The monoisotopic (exact) mass is 504 g/mol. The van der Waals surface area contributed by atoms with Crippen LogP contribution in [-0.2, 0) is 6.42 Å². The molecule has 2 aromatic heterocycles. The maximum atomic E-state index is 13.5. The van der Waals surface area contributed by atoms with Gasteiger partial charge in [-0.25, -0.2) is 14.1 Å². The Kier molecular flexibility index (Phi) is 5.15. The molecule has 0 saturated heterocycles. The summed E-state index contributed by atoms with van der Waals surface area (Å²) in [5.41, 5.74) is 6.23. The number of benzene rings is 2. The number of allylic oxidation sites excluding steroid dienone is 2. The smallest absolute Gasteiger partial charge is 0.200 e. The molecule has 3 aliphatic rings. The standard InChI is InChI=1S/C32H29FN4O/c1-31-18-22-19-36-37(25-13-11-24(33)12-14-25)27(22)17-23(31)15-16-32(34-2)26(9-6-10-29(31)32)30-35-20-28(38-30)21-7-4-3-5-8-21/h3-5,7-8,10-14,17,19-20,26H,2,6,9,15-16,18H2,1H3/t26-,31-,32-/m0/s1. The van der Waals surface area contributed by atoms with E-state index >= 15 is 0 Å². The van der Waals surface area contributed by atoms with Crippen LogP contribution in [0, 0.1) is 11.2 Å². The second-order valence-corrected chi connectivity index (χ2v) is 10.9. The summed E-state index contributed by atoms with van der Waals surface area (Å²) in [4.78, 5) is 9.66. The van der Waals surface area contributed by atoms with Crippen molar-refractivity contribution in [1.29, 1.82) is 0 Å². The molecule has 7 rings (SSSR count). The van der Waals surface area contributed by atoms with Gasteiger partial charge in [0.05, 0.1) is 35.2 Å². The Hall–Kier alpha value is -4.06. The van der Waals surface area contributed by atoms with Crippen molar-refractivity contribution < 1.29 is 8.81 Å². The average molecular weight is 505 g/mol. The van der Waals surface area contributed by atoms with Crippen LogP contribution < -0.4 is 0 Å². The molecular weight excluding hydrogens is 475 g/mol. The first-order valence-electron chi connectivity index (χ1n) is 13.3. The molecule has 190 valence electrons. The van der Waals surface area contributed by atoms with Crippen LogP contribution in [-0.4, -0.2) is 27.0 Å². The van der Waals surface area contributed by atoms with Gasteiger partial charge in [-0.05, 0) is 80.3 Å². The van der Waals surface area contributed by atoms with Crippen molar-refractivity contribution in [3.8, 4) is 17.0 Å². The van der Waals surface area contributed by atoms with Crippen molar-refractivity contribution in [3.63, 3.8) is 0 Å². The van der Waals surface area contributed by atoms with Gasteiger partial charge in [0.1, 0.15) is 5.82 Å². The first-order chi connectivity index (χ1) is 18.5. The van der Waals surface area contributed by atoms with E-state index in [1.165, 1.54) is 28.8 Å². The van der Waals surface area contributed by atoms with E-state index in [1.54, 1.807) is 12.1 Å². The van der Waals surface area contributed by atoms with Crippen LogP contribution in [0.1, 0.15) is 55.7 Å². The summed E-state index contributed by atoms with van der Waals surface area (Å²) < 4.78 is 21.8. The lowest BCUT2D eigenvalue weighted by Gasteiger charge is -2.54. The van der Waals surface area contributed by atoms with Gasteiger partial charge in [-0.15, -0.1) is 0 Å². The zero-order chi connectivity index (χ0) is 25.9. The van der Waals surface area contributed by atoms with Crippen LogP contribution in [0.3, 0.4) is 0 Å². The van der Waals surface area contributed by atoms with E-state index in [2.05, 4.69) is 25.8 Å². The van der Waals surface area contributed by atoms with Crippen molar-refractivity contribution in [3.05, 3.63) is 107 Å². The number of halogens is 1. The first-order valence-corrected chi connectivity index (χ1v) is 13.3. The Morgan fingerprint density at radius 3 is 2.71 bits per heavy atom. The lowest BCUT2D eigenvalue weighted by molar-refractivity contribution is 0.222. The number of rotatable bonds is 4. The van der Waals surface area contributed by atoms with Gasteiger partial charge in [-0.2, -0.15) is 5.10 Å². The molecule has 0 aliphatic heterocycles. The SMILES string of the molecule is C=N[C@]12CCC3=Cc4c(cnn4-c4ccc(F)cc4)C[C@]3(C)C1=CCC[C@H]2c1ncc(-c2ccccc2)o1. The number of fused-ring (bicyclic) bond motifs is 4. The Labute approximate surface area is 221 Å². The van der Waals surface area contributed by atoms with Crippen molar-refractivity contribution in [2.45, 2.75) is 50.5 Å². The van der Waals surface area contributed by atoms with Crippen molar-refractivity contribution >= 4 is 12.8 Å². The molecule has 1 fully saturated rings. The molecule has 5 nitrogen and oxygen atoms in total. The third-order valence-corrected chi connectivity index (χ3v) is 8.90. The van der Waals surface area contributed by atoms with E-state index in [0.29, 0.717) is 0 Å². The summed E-state index contributed by atoms with van der Waals surface area (Å²) in [6.45, 7) is 6.48. The fourth-order valence-corrected chi connectivity index (χ4v) is 7.03. The van der Waals surface area contributed by atoms with Crippen molar-refractivity contribution in [1.82, 2.24) is 14.8 Å². The lowest BCUT2D eigenvalue weighted by atomic mass is 9.52. The molecule has 4 aromatic rings. The molecular formula is C32H29FN4O. The van der Waals surface area contributed by atoms with Gasteiger partial charge in [-0.1, -0.05) is 48.9 Å². The maximum Gasteiger partial charge on any atom is 0.200 e. The molecule has 0 unspecified atom stereocenters. The number of hydrogen-bond acceptors (Lipinski definition) is 4. The van der Waals surface area contributed by atoms with E-state index in [4.69, 9.17) is 19.5 Å². The zero-order valence-electron chi connectivity index (χ0n) is 21.4. The van der Waals surface area contributed by atoms with Crippen LogP contribution in [0.5, 0.6) is 0 Å². The quantitative estimate of drug-likeness (QED) is 0.216. The molecule has 2 aromatic carbocycles. The molecule has 0 bridgehead atoms. The topological polar surface area (TPSA) is 56.2 Å². The fourth-order valence-electron chi connectivity index (χ4n) is 7.03. The molecule has 1 saturated carbocycles. The Balaban J connectivity index is 1.27. The van der Waals surface area contributed by atoms with Gasteiger partial charge in [0.2, 0.25) is 5.89 Å². The third-order valence-electron chi connectivity index (χ3n) is 8.90. The second kappa shape index (κ2) is 8.48. The Morgan fingerprint density at radius 1 is 1.11 bits per heavy atom. The minimum atomic E-state index is -0.451. The number of oxazole rings is 1. The summed E-state index contributed by atoms with van der Waals surface area (Å²) >= 11 is 0. The summed E-state index contributed by atoms with van der Waals surface area (Å²) in [5, 5.41) is 4.69. The second-order valence-electron chi connectivity index (χ2n) is 10.9. The van der Waals surface area contributed by atoms with E-state index in [-0.39, 0.29) is 17.2 Å². The van der Waals surface area contributed by atoms with E-state index < -0.39 is 5.54 Å². The lowest BCUT2D eigenvalue weighted by Crippen LogP contribution is -2.50. The predicted molar refractivity (Wildman–Crippen MR) is 147 cm³/mol. The molecule has 3 atom stereocenters. The highest BCUT2D eigenvalue weighted by atomic mass is 19.1. The number of hydrogen-bond donors (Lipinski definition) is 0. The van der Waals surface area contributed by atoms with Crippen LogP contribution in [0.25, 0.3) is 23.1 Å². The summed E-state index contributed by atoms with van der Waals surface area (Å²) in [7, 11) is 0. The Morgan fingerprint density at radius 2 is 1.92 bits per heavy atom. The zero-order valence-corrected chi connectivity index (χ0v) is 21.4. The van der Waals surface area contributed by atoms with Gasteiger partial charge >= 0.3 is 0 Å². The number of nitrogens with zero attached hydrogens (tertiary/aromatic N) is 4. The van der Waals surface area contributed by atoms with Gasteiger partial charge in [-0.3, -0.25) is 4.99 Å². The van der Waals surface area contributed by atoms with Gasteiger partial charge in [0.15, 0.2) is 5.76 Å². The van der Waals surface area contributed by atoms with Gasteiger partial charge < -0.3 is 4.42 Å². The van der Waals surface area contributed by atoms with Crippen LogP contribution in [0.4, 0.5) is 4.39 Å². The third kappa shape index (κ3) is 3.32. The van der Waals surface area contributed by atoms with Crippen LogP contribution in [0.2, 0.25) is 0 Å². The normalized spacial score (nSPS) is 26.0. The number of aromatic nitrogens is 3. The average Bonchev–Trinajstić information content (AvgIpc) is 3.60. The largest absolute Gasteiger partial charge is 0.440 e. The van der Waals surface area contributed by atoms with Gasteiger partial charge in [0.25, 0.3) is 0 Å². The van der Waals surface area contributed by atoms with Crippen molar-refractivity contribution in [2.24, 2.45) is 10.4 Å². The molecule has 2 heterocycles. The minimum absolute atomic E-state index is 0.0409. The van der Waals surface area contributed by atoms with E-state index in [1.807, 2.05) is 47.4 Å². The fraction of sp³-hybridized carbons (Fsp3) is 0.281. The molecule has 6 heteroatoms. The molecule has 0 radical (unpaired) electrons. The summed E-state index contributed by atoms with van der Waals surface area (Å²) in [6, 6.07) is 16.6. The number of aliphatic imine (C=N–C) groups is 1. The molecule has 3 aliphatic carbocycles. The van der Waals surface area contributed by atoms with Crippen molar-refractivity contribution in [2.75, 3.05) is 0 Å². The maximum absolute atomic E-state index is 13.5. The highest BCUT2D eigenvalue weighted by Crippen LogP contribution is 2.61. The molecule has 0 amide bonds. The van der Waals surface area contributed by atoms with E-state index in [9.17, 15) is 4.39 Å². The Bertz CT molecular complexity index is 1600. The van der Waals surface area contributed by atoms with E-state index in [0.717, 1.165) is 60.7 Å². The highest BCUT2D eigenvalue weighted by molar-refractivity contribution is 5.65. The summed E-state index contributed by atoms with van der Waals surface area (Å²) in [5.74, 6) is 1.33. The van der Waals surface area contributed by atoms with Gasteiger partial charge in [0, 0.05) is 11.0 Å². The first kappa shape index (κ1) is 23.1. The molecule has 38 heavy (non-hydrogen) atoms. The summed E-state index contributed by atoms with van der Waals surface area (Å²) in [6.07, 6.45) is 13.0. The van der Waals surface area contributed by atoms with Crippen LogP contribution in [0.15, 0.2) is 93.6 Å².